The van der Waals surface area contributed by atoms with Gasteiger partial charge in [0.05, 0.1) is 17.5 Å². The van der Waals surface area contributed by atoms with Crippen molar-refractivity contribution in [3.8, 4) is 17.0 Å². The summed E-state index contributed by atoms with van der Waals surface area (Å²) >= 11 is 5.62. The molecule has 0 radical (unpaired) electrons. The molecular formula is C14H15ClFN3O. The van der Waals surface area contributed by atoms with Crippen molar-refractivity contribution in [1.29, 1.82) is 0 Å². The van der Waals surface area contributed by atoms with E-state index in [0.717, 1.165) is 6.54 Å². The molecule has 0 saturated heterocycles. The summed E-state index contributed by atoms with van der Waals surface area (Å²) in [4.78, 5) is 10.1. The molecule has 0 N–H and O–H groups in total. The smallest absolute Gasteiger partial charge is 0.137 e. The van der Waals surface area contributed by atoms with Gasteiger partial charge >= 0.3 is 0 Å². The van der Waals surface area contributed by atoms with Gasteiger partial charge in [-0.1, -0.05) is 11.6 Å². The zero-order valence-corrected chi connectivity index (χ0v) is 12.1. The molecule has 0 aliphatic rings. The van der Waals surface area contributed by atoms with E-state index in [1.54, 1.807) is 18.3 Å². The van der Waals surface area contributed by atoms with Crippen molar-refractivity contribution >= 4 is 11.6 Å². The monoisotopic (exact) mass is 295 g/mol. The van der Waals surface area contributed by atoms with Gasteiger partial charge in [-0.2, -0.15) is 0 Å². The highest BCUT2D eigenvalue weighted by Crippen LogP contribution is 2.23. The third kappa shape index (κ3) is 3.88. The third-order valence-corrected chi connectivity index (χ3v) is 2.85. The van der Waals surface area contributed by atoms with E-state index >= 15 is 0 Å². The minimum Gasteiger partial charge on any atom is -0.491 e. The van der Waals surface area contributed by atoms with E-state index in [0.29, 0.717) is 23.6 Å². The first-order chi connectivity index (χ1) is 9.56. The van der Waals surface area contributed by atoms with Crippen molar-refractivity contribution in [1.82, 2.24) is 14.9 Å². The topological polar surface area (TPSA) is 38.2 Å². The largest absolute Gasteiger partial charge is 0.491 e. The molecule has 0 aliphatic carbocycles. The number of nitrogens with zero attached hydrogens (tertiary/aromatic N) is 3. The Kier molecular flexibility index (Phi) is 4.87. The van der Waals surface area contributed by atoms with E-state index in [4.69, 9.17) is 16.3 Å². The maximum absolute atomic E-state index is 13.7. The van der Waals surface area contributed by atoms with Crippen molar-refractivity contribution in [3.05, 3.63) is 41.6 Å². The van der Waals surface area contributed by atoms with Crippen molar-refractivity contribution in [3.63, 3.8) is 0 Å². The number of halogens is 2. The van der Waals surface area contributed by atoms with Crippen molar-refractivity contribution in [2.45, 2.75) is 0 Å². The molecule has 0 spiro atoms. The normalized spacial score (nSPS) is 10.8. The molecule has 0 unspecified atom stereocenters. The quantitative estimate of drug-likeness (QED) is 0.795. The fraction of sp³-hybridized carbons (Fsp3) is 0.286. The summed E-state index contributed by atoms with van der Waals surface area (Å²) in [5, 5.41) is 0.120. The lowest BCUT2D eigenvalue weighted by Crippen LogP contribution is -2.19. The second kappa shape index (κ2) is 6.63. The molecule has 0 saturated carbocycles. The van der Waals surface area contributed by atoms with Gasteiger partial charge < -0.3 is 9.64 Å². The standard InChI is InChI=1S/C14H15ClFN3O/c1-19(2)5-6-20-10-3-4-13(17-8-10)11-9-18-14(15)7-12(11)16/h3-4,7-9H,5-6H2,1-2H3. The van der Waals surface area contributed by atoms with Gasteiger partial charge in [0.25, 0.3) is 0 Å². The van der Waals surface area contributed by atoms with Crippen LogP contribution in [0.15, 0.2) is 30.6 Å². The van der Waals surface area contributed by atoms with Crippen molar-refractivity contribution in [2.24, 2.45) is 0 Å². The fourth-order valence-electron chi connectivity index (χ4n) is 1.57. The van der Waals surface area contributed by atoms with Gasteiger partial charge in [0.1, 0.15) is 23.3 Å². The van der Waals surface area contributed by atoms with Crippen LogP contribution in [0.2, 0.25) is 5.15 Å². The highest BCUT2D eigenvalue weighted by atomic mass is 35.5. The van der Waals surface area contributed by atoms with Gasteiger partial charge in [-0.25, -0.2) is 9.37 Å². The van der Waals surface area contributed by atoms with Crippen molar-refractivity contribution < 1.29 is 9.13 Å². The average molecular weight is 296 g/mol. The first kappa shape index (κ1) is 14.7. The number of likely N-dealkylation sites (N-methyl/N-ethyl adjacent to an activating group) is 1. The summed E-state index contributed by atoms with van der Waals surface area (Å²) in [6.45, 7) is 1.39. The van der Waals surface area contributed by atoms with E-state index in [-0.39, 0.29) is 5.15 Å². The fourth-order valence-corrected chi connectivity index (χ4v) is 1.71. The molecule has 4 nitrogen and oxygen atoms in total. The predicted molar refractivity (Wildman–Crippen MR) is 76.5 cm³/mol. The summed E-state index contributed by atoms with van der Waals surface area (Å²) in [6.07, 6.45) is 2.94. The SMILES string of the molecule is CN(C)CCOc1ccc(-c2cnc(Cl)cc2F)nc1. The van der Waals surface area contributed by atoms with Gasteiger partial charge in [0.15, 0.2) is 0 Å². The molecule has 2 rings (SSSR count). The number of hydrogen-bond acceptors (Lipinski definition) is 4. The predicted octanol–water partition coefficient (Wildman–Crippen LogP) is 2.88. The minimum absolute atomic E-state index is 0.120. The molecular weight excluding hydrogens is 281 g/mol. The summed E-state index contributed by atoms with van der Waals surface area (Å²) in [5.41, 5.74) is 0.806. The Morgan fingerprint density at radius 2 is 2.05 bits per heavy atom. The first-order valence-electron chi connectivity index (χ1n) is 6.11. The molecule has 0 aliphatic heterocycles. The zero-order valence-electron chi connectivity index (χ0n) is 11.3. The summed E-state index contributed by atoms with van der Waals surface area (Å²) in [5.74, 6) is 0.205. The summed E-state index contributed by atoms with van der Waals surface area (Å²) in [6, 6.07) is 4.62. The molecule has 20 heavy (non-hydrogen) atoms. The average Bonchev–Trinajstić information content (AvgIpc) is 2.39. The summed E-state index contributed by atoms with van der Waals surface area (Å²) < 4.78 is 19.2. The second-order valence-electron chi connectivity index (χ2n) is 4.52. The Hall–Kier alpha value is -1.72. The van der Waals surface area contributed by atoms with Gasteiger partial charge in [-0.3, -0.25) is 4.98 Å². The molecule has 106 valence electrons. The molecule has 0 bridgehead atoms. The number of aromatic nitrogens is 2. The van der Waals surface area contributed by atoms with Crippen LogP contribution in [0.4, 0.5) is 4.39 Å². The molecule has 2 aromatic heterocycles. The Bertz CT molecular complexity index is 575. The Labute approximate surface area is 122 Å². The number of rotatable bonds is 5. The molecule has 0 atom stereocenters. The van der Waals surface area contributed by atoms with Gasteiger partial charge in [0, 0.05) is 18.8 Å². The molecule has 6 heteroatoms. The Morgan fingerprint density at radius 3 is 2.65 bits per heavy atom. The van der Waals surface area contributed by atoms with E-state index in [9.17, 15) is 4.39 Å². The summed E-state index contributed by atoms with van der Waals surface area (Å²) in [7, 11) is 3.95. The van der Waals surface area contributed by atoms with E-state index in [1.807, 2.05) is 19.0 Å². The van der Waals surface area contributed by atoms with Crippen LogP contribution >= 0.6 is 11.6 Å². The lowest BCUT2D eigenvalue weighted by molar-refractivity contribution is 0.260. The Balaban J connectivity index is 2.07. The minimum atomic E-state index is -0.446. The lowest BCUT2D eigenvalue weighted by atomic mass is 10.2. The Morgan fingerprint density at radius 1 is 1.25 bits per heavy atom. The van der Waals surface area contributed by atoms with Crippen LogP contribution in [0.3, 0.4) is 0 Å². The zero-order chi connectivity index (χ0) is 14.5. The molecule has 2 aromatic rings. The maximum Gasteiger partial charge on any atom is 0.137 e. The third-order valence-electron chi connectivity index (χ3n) is 2.64. The van der Waals surface area contributed by atoms with Gasteiger partial charge in [-0.05, 0) is 26.2 Å². The number of pyridine rings is 2. The van der Waals surface area contributed by atoms with Crippen LogP contribution in [0, 0.1) is 5.82 Å². The molecule has 0 fully saturated rings. The van der Waals surface area contributed by atoms with Gasteiger partial charge in [-0.15, -0.1) is 0 Å². The number of hydrogen-bond donors (Lipinski definition) is 0. The van der Waals surface area contributed by atoms with E-state index < -0.39 is 5.82 Å². The highest BCUT2D eigenvalue weighted by molar-refractivity contribution is 6.29. The lowest BCUT2D eigenvalue weighted by Gasteiger charge is -2.11. The maximum atomic E-state index is 13.7. The van der Waals surface area contributed by atoms with Crippen LogP contribution < -0.4 is 4.74 Å². The van der Waals surface area contributed by atoms with E-state index in [2.05, 4.69) is 9.97 Å². The van der Waals surface area contributed by atoms with Crippen LogP contribution in [0.25, 0.3) is 11.3 Å². The molecule has 0 amide bonds. The van der Waals surface area contributed by atoms with Gasteiger partial charge in [0.2, 0.25) is 0 Å². The van der Waals surface area contributed by atoms with Crippen LogP contribution in [0.1, 0.15) is 0 Å². The second-order valence-corrected chi connectivity index (χ2v) is 4.91. The van der Waals surface area contributed by atoms with Crippen LogP contribution in [-0.2, 0) is 0 Å². The van der Waals surface area contributed by atoms with E-state index in [1.165, 1.54) is 12.3 Å². The highest BCUT2D eigenvalue weighted by Gasteiger charge is 2.08. The number of ether oxygens (including phenoxy) is 1. The molecule has 0 aromatic carbocycles. The van der Waals surface area contributed by atoms with Crippen LogP contribution in [-0.4, -0.2) is 42.1 Å². The van der Waals surface area contributed by atoms with Crippen molar-refractivity contribution in [2.75, 3.05) is 27.2 Å². The molecule has 2 heterocycles. The van der Waals surface area contributed by atoms with Crippen LogP contribution in [0.5, 0.6) is 5.75 Å². The first-order valence-corrected chi connectivity index (χ1v) is 6.49.